The van der Waals surface area contributed by atoms with Crippen LogP contribution in [-0.4, -0.2) is 32.8 Å². The van der Waals surface area contributed by atoms with Crippen LogP contribution in [0.5, 0.6) is 5.88 Å². The second-order valence-corrected chi connectivity index (χ2v) is 4.11. The number of aromatic nitrogens is 4. The summed E-state index contributed by atoms with van der Waals surface area (Å²) in [6.07, 6.45) is 4.85. The molecule has 0 aliphatic rings. The van der Waals surface area contributed by atoms with Crippen LogP contribution in [0.25, 0.3) is 0 Å². The minimum Gasteiger partial charge on any atom is -0.481 e. The average Bonchev–Trinajstić information content (AvgIpc) is 2.84. The molecule has 0 fully saturated rings. The SMILES string of the molecule is COc1cc(NC(=O)C(C)n2cc(C)cn2)ncn1. The zero-order valence-corrected chi connectivity index (χ0v) is 11.0. The first-order chi connectivity index (χ1) is 9.10. The fraction of sp³-hybridized carbons (Fsp3) is 0.333. The molecular weight excluding hydrogens is 246 g/mol. The summed E-state index contributed by atoms with van der Waals surface area (Å²) in [4.78, 5) is 19.9. The van der Waals surface area contributed by atoms with Crippen molar-refractivity contribution in [3.63, 3.8) is 0 Å². The quantitative estimate of drug-likeness (QED) is 0.894. The molecule has 0 radical (unpaired) electrons. The minimum absolute atomic E-state index is 0.205. The van der Waals surface area contributed by atoms with Crippen LogP contribution in [-0.2, 0) is 4.79 Å². The van der Waals surface area contributed by atoms with Crippen molar-refractivity contribution in [3.05, 3.63) is 30.4 Å². The first-order valence-electron chi connectivity index (χ1n) is 5.78. The number of amides is 1. The van der Waals surface area contributed by atoms with Gasteiger partial charge in [-0.05, 0) is 19.4 Å². The van der Waals surface area contributed by atoms with Crippen molar-refractivity contribution >= 4 is 11.7 Å². The van der Waals surface area contributed by atoms with Gasteiger partial charge in [0.2, 0.25) is 11.8 Å². The maximum absolute atomic E-state index is 12.0. The molecule has 2 heterocycles. The molecule has 2 aromatic rings. The maximum atomic E-state index is 12.0. The minimum atomic E-state index is -0.422. The molecule has 0 bridgehead atoms. The summed E-state index contributed by atoms with van der Waals surface area (Å²) >= 11 is 0. The van der Waals surface area contributed by atoms with Gasteiger partial charge in [0.25, 0.3) is 0 Å². The fourth-order valence-corrected chi connectivity index (χ4v) is 1.52. The number of hydrogen-bond donors (Lipinski definition) is 1. The second-order valence-electron chi connectivity index (χ2n) is 4.11. The van der Waals surface area contributed by atoms with Crippen molar-refractivity contribution in [1.29, 1.82) is 0 Å². The molecule has 7 nitrogen and oxygen atoms in total. The molecule has 0 saturated heterocycles. The third kappa shape index (κ3) is 3.06. The molecule has 2 aromatic heterocycles. The van der Waals surface area contributed by atoms with Crippen molar-refractivity contribution in [2.24, 2.45) is 0 Å². The van der Waals surface area contributed by atoms with Crippen LogP contribution in [0.2, 0.25) is 0 Å². The summed E-state index contributed by atoms with van der Waals surface area (Å²) < 4.78 is 6.57. The van der Waals surface area contributed by atoms with Crippen LogP contribution in [0.4, 0.5) is 5.82 Å². The summed E-state index contributed by atoms with van der Waals surface area (Å²) in [6, 6.07) is 1.13. The number of aryl methyl sites for hydroxylation is 1. The molecule has 1 atom stereocenters. The fourth-order valence-electron chi connectivity index (χ4n) is 1.52. The number of nitrogens with one attached hydrogen (secondary N) is 1. The predicted octanol–water partition coefficient (Wildman–Crippen LogP) is 1.19. The highest BCUT2D eigenvalue weighted by molar-refractivity contribution is 5.92. The number of nitrogens with zero attached hydrogens (tertiary/aromatic N) is 4. The van der Waals surface area contributed by atoms with Crippen LogP contribution in [0, 0.1) is 6.92 Å². The van der Waals surface area contributed by atoms with Crippen LogP contribution in [0.3, 0.4) is 0 Å². The third-order valence-corrected chi connectivity index (χ3v) is 2.61. The van der Waals surface area contributed by atoms with E-state index in [0.29, 0.717) is 11.7 Å². The average molecular weight is 261 g/mol. The van der Waals surface area contributed by atoms with Gasteiger partial charge in [0, 0.05) is 12.3 Å². The molecule has 0 aliphatic heterocycles. The zero-order valence-electron chi connectivity index (χ0n) is 11.0. The molecule has 2 rings (SSSR count). The summed E-state index contributed by atoms with van der Waals surface area (Å²) in [5.41, 5.74) is 1.00. The number of carbonyl (C=O) groups excluding carboxylic acids is 1. The van der Waals surface area contributed by atoms with E-state index in [9.17, 15) is 4.79 Å². The van der Waals surface area contributed by atoms with Gasteiger partial charge in [-0.2, -0.15) is 5.10 Å². The van der Waals surface area contributed by atoms with Crippen LogP contribution >= 0.6 is 0 Å². The molecule has 0 spiro atoms. The Hall–Kier alpha value is -2.44. The maximum Gasteiger partial charge on any atom is 0.250 e. The Kier molecular flexibility index (Phi) is 3.74. The number of carbonyl (C=O) groups is 1. The molecular formula is C12H15N5O2. The Balaban J connectivity index is 2.08. The molecule has 100 valence electrons. The molecule has 1 N–H and O–H groups in total. The molecule has 1 amide bonds. The number of anilines is 1. The lowest BCUT2D eigenvalue weighted by Gasteiger charge is -2.12. The Morgan fingerprint density at radius 3 is 2.89 bits per heavy atom. The lowest BCUT2D eigenvalue weighted by molar-refractivity contribution is -0.119. The van der Waals surface area contributed by atoms with E-state index < -0.39 is 6.04 Å². The largest absolute Gasteiger partial charge is 0.481 e. The topological polar surface area (TPSA) is 81.9 Å². The van der Waals surface area contributed by atoms with Crippen LogP contribution in [0.1, 0.15) is 18.5 Å². The number of rotatable bonds is 4. The van der Waals surface area contributed by atoms with Gasteiger partial charge in [0.05, 0.1) is 13.3 Å². The zero-order chi connectivity index (χ0) is 13.8. The van der Waals surface area contributed by atoms with Crippen LogP contribution < -0.4 is 10.1 Å². The van der Waals surface area contributed by atoms with Crippen molar-refractivity contribution in [2.45, 2.75) is 19.9 Å². The number of hydrogen-bond acceptors (Lipinski definition) is 5. The third-order valence-electron chi connectivity index (χ3n) is 2.61. The van der Waals surface area contributed by atoms with Gasteiger partial charge in [-0.3, -0.25) is 9.48 Å². The standard InChI is InChI=1S/C12H15N5O2/c1-8-5-15-17(6-8)9(2)12(18)16-10-4-11(19-3)14-7-13-10/h4-7,9H,1-3H3,(H,13,14,16,18). The smallest absolute Gasteiger partial charge is 0.250 e. The van der Waals surface area contributed by atoms with Crippen molar-refractivity contribution < 1.29 is 9.53 Å². The summed E-state index contributed by atoms with van der Waals surface area (Å²) in [6.45, 7) is 3.68. The van der Waals surface area contributed by atoms with E-state index in [-0.39, 0.29) is 5.91 Å². The van der Waals surface area contributed by atoms with Gasteiger partial charge >= 0.3 is 0 Å². The van der Waals surface area contributed by atoms with Gasteiger partial charge in [-0.15, -0.1) is 0 Å². The van der Waals surface area contributed by atoms with Gasteiger partial charge in [0.1, 0.15) is 18.2 Å². The Bertz CT molecular complexity index is 581. The van der Waals surface area contributed by atoms with E-state index in [0.717, 1.165) is 5.56 Å². The van der Waals surface area contributed by atoms with E-state index >= 15 is 0 Å². The normalized spacial score (nSPS) is 11.9. The van der Waals surface area contributed by atoms with E-state index in [2.05, 4.69) is 20.4 Å². The highest BCUT2D eigenvalue weighted by Gasteiger charge is 2.16. The van der Waals surface area contributed by atoms with Gasteiger partial charge in [0.15, 0.2) is 0 Å². The van der Waals surface area contributed by atoms with Gasteiger partial charge in [-0.25, -0.2) is 9.97 Å². The van der Waals surface area contributed by atoms with E-state index in [1.165, 1.54) is 13.4 Å². The molecule has 0 aromatic carbocycles. The molecule has 0 saturated carbocycles. The number of ether oxygens (including phenoxy) is 1. The molecule has 19 heavy (non-hydrogen) atoms. The lowest BCUT2D eigenvalue weighted by Crippen LogP contribution is -2.24. The van der Waals surface area contributed by atoms with Gasteiger partial charge in [-0.1, -0.05) is 0 Å². The summed E-state index contributed by atoms with van der Waals surface area (Å²) in [7, 11) is 1.50. The van der Waals surface area contributed by atoms with E-state index in [1.807, 2.05) is 13.1 Å². The number of methoxy groups -OCH3 is 1. The molecule has 1 unspecified atom stereocenters. The summed E-state index contributed by atoms with van der Waals surface area (Å²) in [5, 5.41) is 6.80. The van der Waals surface area contributed by atoms with Crippen molar-refractivity contribution in [1.82, 2.24) is 19.7 Å². The Morgan fingerprint density at radius 1 is 1.47 bits per heavy atom. The highest BCUT2D eigenvalue weighted by atomic mass is 16.5. The van der Waals surface area contributed by atoms with Crippen molar-refractivity contribution in [2.75, 3.05) is 12.4 Å². The highest BCUT2D eigenvalue weighted by Crippen LogP contribution is 2.13. The van der Waals surface area contributed by atoms with Crippen LogP contribution in [0.15, 0.2) is 24.8 Å². The first kappa shape index (κ1) is 13.0. The second kappa shape index (κ2) is 5.47. The van der Waals surface area contributed by atoms with E-state index in [4.69, 9.17) is 4.74 Å². The van der Waals surface area contributed by atoms with Crippen molar-refractivity contribution in [3.8, 4) is 5.88 Å². The monoisotopic (exact) mass is 261 g/mol. The predicted molar refractivity (Wildman–Crippen MR) is 68.9 cm³/mol. The Morgan fingerprint density at radius 2 is 2.26 bits per heavy atom. The van der Waals surface area contributed by atoms with Gasteiger partial charge < -0.3 is 10.1 Å². The Labute approximate surface area is 110 Å². The first-order valence-corrected chi connectivity index (χ1v) is 5.78. The summed E-state index contributed by atoms with van der Waals surface area (Å²) in [5.74, 6) is 0.587. The molecule has 0 aliphatic carbocycles. The lowest BCUT2D eigenvalue weighted by atomic mass is 10.3. The van der Waals surface area contributed by atoms with E-state index in [1.54, 1.807) is 23.9 Å². The molecule has 7 heteroatoms.